The van der Waals surface area contributed by atoms with Crippen LogP contribution in [0.2, 0.25) is 0 Å². The Morgan fingerprint density at radius 1 is 1.17 bits per heavy atom. The minimum atomic E-state index is -0.581. The predicted octanol–water partition coefficient (Wildman–Crippen LogP) is 3.24. The number of ether oxygens (including phenoxy) is 1. The molecule has 1 aromatic carbocycles. The molecule has 1 saturated heterocycles. The fourth-order valence-corrected chi connectivity index (χ4v) is 4.21. The van der Waals surface area contributed by atoms with Crippen LogP contribution in [0, 0.1) is 11.7 Å². The van der Waals surface area contributed by atoms with Crippen molar-refractivity contribution in [3.05, 3.63) is 41.8 Å². The first kappa shape index (κ1) is 20.0. The summed E-state index contributed by atoms with van der Waals surface area (Å²) in [5, 5.41) is 17.3. The smallest absolute Gasteiger partial charge is 0.223 e. The maximum Gasteiger partial charge on any atom is 0.223 e. The highest BCUT2D eigenvalue weighted by molar-refractivity contribution is 5.78. The number of hydrogen-bond donors (Lipinski definition) is 2. The van der Waals surface area contributed by atoms with E-state index < -0.39 is 12.2 Å². The quantitative estimate of drug-likeness (QED) is 0.775. The number of amides is 1. The van der Waals surface area contributed by atoms with E-state index in [-0.39, 0.29) is 23.7 Å². The number of aliphatic hydroxyl groups excluding tert-OH is 1. The Morgan fingerprint density at radius 3 is 2.69 bits per heavy atom. The molecule has 0 spiro atoms. The predicted molar refractivity (Wildman–Crippen MR) is 104 cm³/mol. The molecule has 1 aliphatic carbocycles. The number of carbonyl (C=O) groups is 1. The SMILES string of the molecule is O=C(NC[C@H]1O[C@H](Cc2cc(-c3ccc(F)cc3)on2)CC[C@@H]1O)C1CCCC1. The van der Waals surface area contributed by atoms with Gasteiger partial charge in [0.15, 0.2) is 5.76 Å². The van der Waals surface area contributed by atoms with Crippen molar-refractivity contribution in [2.75, 3.05) is 6.54 Å². The number of halogens is 1. The van der Waals surface area contributed by atoms with Crippen LogP contribution in [-0.4, -0.2) is 41.0 Å². The number of benzene rings is 1. The fourth-order valence-electron chi connectivity index (χ4n) is 4.21. The van der Waals surface area contributed by atoms with Crippen molar-refractivity contribution in [2.24, 2.45) is 5.92 Å². The number of nitrogens with one attached hydrogen (secondary N) is 1. The van der Waals surface area contributed by atoms with E-state index in [1.807, 2.05) is 6.07 Å². The lowest BCUT2D eigenvalue weighted by atomic mass is 9.97. The van der Waals surface area contributed by atoms with E-state index in [2.05, 4.69) is 10.5 Å². The molecule has 0 radical (unpaired) electrons. The van der Waals surface area contributed by atoms with E-state index in [4.69, 9.17) is 9.26 Å². The number of carbonyl (C=O) groups excluding carboxylic acids is 1. The Labute approximate surface area is 169 Å². The molecular weight excluding hydrogens is 375 g/mol. The third kappa shape index (κ3) is 5.03. The zero-order chi connectivity index (χ0) is 20.2. The van der Waals surface area contributed by atoms with E-state index in [1.165, 1.54) is 12.1 Å². The van der Waals surface area contributed by atoms with Crippen molar-refractivity contribution in [1.82, 2.24) is 10.5 Å². The van der Waals surface area contributed by atoms with Gasteiger partial charge in [0.1, 0.15) is 11.9 Å². The molecule has 6 nitrogen and oxygen atoms in total. The van der Waals surface area contributed by atoms with Crippen molar-refractivity contribution < 1.29 is 23.6 Å². The lowest BCUT2D eigenvalue weighted by Crippen LogP contribution is -2.47. The first-order valence-electron chi connectivity index (χ1n) is 10.4. The maximum atomic E-state index is 13.1. The Hall–Kier alpha value is -2.25. The van der Waals surface area contributed by atoms with Gasteiger partial charge in [-0.2, -0.15) is 0 Å². The molecule has 2 aliphatic rings. The maximum absolute atomic E-state index is 13.1. The standard InChI is InChI=1S/C22H27FN2O4/c23-16-7-5-14(6-8-16)20-12-17(25-29-20)11-18-9-10-19(26)21(28-18)13-24-22(27)15-3-1-2-4-15/h5-8,12,15,18-19,21,26H,1-4,9-11,13H2,(H,24,27)/t18-,19-,21+/m0/s1. The van der Waals surface area contributed by atoms with E-state index in [0.717, 1.165) is 36.9 Å². The van der Waals surface area contributed by atoms with Gasteiger partial charge in [0.05, 0.1) is 17.9 Å². The molecule has 1 amide bonds. The lowest BCUT2D eigenvalue weighted by Gasteiger charge is -2.34. The van der Waals surface area contributed by atoms with Crippen molar-refractivity contribution in [1.29, 1.82) is 0 Å². The molecule has 7 heteroatoms. The first-order valence-corrected chi connectivity index (χ1v) is 10.4. The number of nitrogens with zero attached hydrogens (tertiary/aromatic N) is 1. The molecule has 0 unspecified atom stereocenters. The van der Waals surface area contributed by atoms with Gasteiger partial charge in [-0.15, -0.1) is 0 Å². The molecule has 3 atom stereocenters. The van der Waals surface area contributed by atoms with Crippen molar-refractivity contribution in [2.45, 2.75) is 63.3 Å². The number of aliphatic hydroxyl groups is 1. The van der Waals surface area contributed by atoms with Crippen LogP contribution < -0.4 is 5.32 Å². The second-order valence-electron chi connectivity index (χ2n) is 8.06. The highest BCUT2D eigenvalue weighted by atomic mass is 19.1. The van der Waals surface area contributed by atoms with Gasteiger partial charge in [-0.1, -0.05) is 18.0 Å². The molecule has 2 fully saturated rings. The summed E-state index contributed by atoms with van der Waals surface area (Å²) in [6.45, 7) is 0.326. The van der Waals surface area contributed by atoms with Crippen LogP contribution in [0.15, 0.2) is 34.9 Å². The molecule has 2 N–H and O–H groups in total. The van der Waals surface area contributed by atoms with Crippen LogP contribution in [0.1, 0.15) is 44.2 Å². The normalized spacial score (nSPS) is 25.2. The highest BCUT2D eigenvalue weighted by Crippen LogP contribution is 2.27. The molecule has 29 heavy (non-hydrogen) atoms. The van der Waals surface area contributed by atoms with Crippen LogP contribution in [0.5, 0.6) is 0 Å². The summed E-state index contributed by atoms with van der Waals surface area (Å²) in [5.74, 6) is 0.456. The number of aromatic nitrogens is 1. The average Bonchev–Trinajstić information content (AvgIpc) is 3.41. The van der Waals surface area contributed by atoms with E-state index in [1.54, 1.807) is 12.1 Å². The van der Waals surface area contributed by atoms with Gasteiger partial charge >= 0.3 is 0 Å². The minimum absolute atomic E-state index is 0.0702. The Balaban J connectivity index is 1.31. The van der Waals surface area contributed by atoms with Crippen molar-refractivity contribution in [3.8, 4) is 11.3 Å². The van der Waals surface area contributed by atoms with Crippen molar-refractivity contribution in [3.63, 3.8) is 0 Å². The van der Waals surface area contributed by atoms with Crippen LogP contribution in [0.4, 0.5) is 4.39 Å². The second-order valence-corrected chi connectivity index (χ2v) is 8.06. The summed E-state index contributed by atoms with van der Waals surface area (Å²) in [7, 11) is 0. The van der Waals surface area contributed by atoms with Crippen molar-refractivity contribution >= 4 is 5.91 Å². The Bertz CT molecular complexity index is 816. The zero-order valence-electron chi connectivity index (χ0n) is 16.4. The van der Waals surface area contributed by atoms with Gasteiger partial charge in [-0.25, -0.2) is 4.39 Å². The van der Waals surface area contributed by atoms with Gasteiger partial charge in [0.25, 0.3) is 0 Å². The third-order valence-corrected chi connectivity index (χ3v) is 5.91. The summed E-state index contributed by atoms with van der Waals surface area (Å²) >= 11 is 0. The van der Waals surface area contributed by atoms with E-state index in [0.29, 0.717) is 31.6 Å². The monoisotopic (exact) mass is 402 g/mol. The van der Waals surface area contributed by atoms with Gasteiger partial charge < -0.3 is 19.7 Å². The number of hydrogen-bond acceptors (Lipinski definition) is 5. The minimum Gasteiger partial charge on any atom is -0.390 e. The summed E-state index contributed by atoms with van der Waals surface area (Å²) in [4.78, 5) is 12.2. The molecule has 1 aromatic heterocycles. The summed E-state index contributed by atoms with van der Waals surface area (Å²) < 4.78 is 24.5. The van der Waals surface area contributed by atoms with Gasteiger partial charge in [0, 0.05) is 30.5 Å². The summed E-state index contributed by atoms with van der Waals surface area (Å²) in [6, 6.07) is 7.89. The molecule has 1 aliphatic heterocycles. The van der Waals surface area contributed by atoms with Crippen LogP contribution in [-0.2, 0) is 16.0 Å². The highest BCUT2D eigenvalue weighted by Gasteiger charge is 2.32. The van der Waals surface area contributed by atoms with E-state index >= 15 is 0 Å². The lowest BCUT2D eigenvalue weighted by molar-refractivity contribution is -0.131. The average molecular weight is 402 g/mol. The summed E-state index contributed by atoms with van der Waals surface area (Å²) in [6.07, 6.45) is 4.92. The second kappa shape index (κ2) is 9.05. The first-order chi connectivity index (χ1) is 14.1. The van der Waals surface area contributed by atoms with E-state index in [9.17, 15) is 14.3 Å². The number of rotatable bonds is 6. The fraction of sp³-hybridized carbons (Fsp3) is 0.545. The molecule has 2 heterocycles. The van der Waals surface area contributed by atoms with Crippen LogP contribution in [0.3, 0.4) is 0 Å². The molecule has 156 valence electrons. The molecule has 0 bridgehead atoms. The summed E-state index contributed by atoms with van der Waals surface area (Å²) in [5.41, 5.74) is 1.51. The zero-order valence-corrected chi connectivity index (χ0v) is 16.4. The largest absolute Gasteiger partial charge is 0.390 e. The van der Waals surface area contributed by atoms with Gasteiger partial charge in [-0.05, 0) is 49.9 Å². The third-order valence-electron chi connectivity index (χ3n) is 5.91. The molecule has 1 saturated carbocycles. The topological polar surface area (TPSA) is 84.6 Å². The van der Waals surface area contributed by atoms with Gasteiger partial charge in [0.2, 0.25) is 5.91 Å². The molecular formula is C22H27FN2O4. The molecule has 2 aromatic rings. The Morgan fingerprint density at radius 2 is 1.93 bits per heavy atom. The van der Waals surface area contributed by atoms with Gasteiger partial charge in [-0.3, -0.25) is 4.79 Å². The van der Waals surface area contributed by atoms with Crippen LogP contribution in [0.25, 0.3) is 11.3 Å². The Kier molecular flexibility index (Phi) is 6.25. The van der Waals surface area contributed by atoms with Crippen LogP contribution >= 0.6 is 0 Å². The molecule has 4 rings (SSSR count).